The topological polar surface area (TPSA) is 9.23 Å². The Labute approximate surface area is 162 Å². The number of hydrogen-bond donors (Lipinski definition) is 0. The molecule has 0 aliphatic rings. The summed E-state index contributed by atoms with van der Waals surface area (Å²) in [5.41, 5.74) is 2.09. The molecule has 3 rings (SSSR count). The molecule has 0 atom stereocenters. The molecule has 0 amide bonds. The Balaban J connectivity index is 1.83. The summed E-state index contributed by atoms with van der Waals surface area (Å²) in [6, 6.07) is 14.7. The predicted octanol–water partition coefficient (Wildman–Crippen LogP) is 6.13. The van der Waals surface area contributed by atoms with Crippen LogP contribution >= 0.6 is 0 Å². The van der Waals surface area contributed by atoms with Gasteiger partial charge in [-0.15, -0.1) is 0 Å². The van der Waals surface area contributed by atoms with Crippen molar-refractivity contribution in [1.82, 2.24) is 0 Å². The number of hydrogen-bond acceptors (Lipinski definition) is 1. The smallest absolute Gasteiger partial charge is 0.174 e. The fourth-order valence-corrected chi connectivity index (χ4v) is 2.82. The third-order valence-electron chi connectivity index (χ3n) is 4.33. The van der Waals surface area contributed by atoms with Crippen LogP contribution in [0.3, 0.4) is 0 Å². The molecule has 0 fully saturated rings. The molecule has 0 aromatic heterocycles. The Hall–Kier alpha value is -3.19. The van der Waals surface area contributed by atoms with Crippen LogP contribution in [0.1, 0.15) is 30.5 Å². The average Bonchev–Trinajstić information content (AvgIpc) is 2.70. The van der Waals surface area contributed by atoms with E-state index in [9.17, 15) is 13.2 Å². The fraction of sp³-hybridized carbons (Fsp3) is 0.167. The zero-order chi connectivity index (χ0) is 20.1. The Morgan fingerprint density at radius 3 is 2.21 bits per heavy atom. The summed E-state index contributed by atoms with van der Waals surface area (Å²) in [5, 5.41) is 0. The monoisotopic (exact) mass is 380 g/mol. The minimum atomic E-state index is -0.931. The fourth-order valence-electron chi connectivity index (χ4n) is 2.82. The largest absolute Gasteiger partial charge is 0.494 e. The molecule has 0 unspecified atom stereocenters. The summed E-state index contributed by atoms with van der Waals surface area (Å²) in [4.78, 5) is 0. The van der Waals surface area contributed by atoms with E-state index < -0.39 is 11.6 Å². The maximum atomic E-state index is 14.3. The van der Waals surface area contributed by atoms with E-state index in [0.717, 1.165) is 0 Å². The lowest BCUT2D eigenvalue weighted by Crippen LogP contribution is -1.96. The summed E-state index contributed by atoms with van der Waals surface area (Å²) in [7, 11) is 0. The van der Waals surface area contributed by atoms with E-state index in [1.807, 2.05) is 6.92 Å². The summed E-state index contributed by atoms with van der Waals surface area (Å²) in [6.07, 6.45) is 0.417. The first-order valence-corrected chi connectivity index (χ1v) is 9.05. The third-order valence-corrected chi connectivity index (χ3v) is 4.33. The molecule has 1 nitrogen and oxygen atoms in total. The summed E-state index contributed by atoms with van der Waals surface area (Å²) in [6.45, 7) is 4.07. The molecular formula is C24H19F3O. The van der Waals surface area contributed by atoms with Crippen LogP contribution in [0.25, 0.3) is 11.1 Å². The van der Waals surface area contributed by atoms with Gasteiger partial charge in [0, 0.05) is 17.2 Å². The first kappa shape index (κ1) is 19.6. The zero-order valence-corrected chi connectivity index (χ0v) is 15.7. The van der Waals surface area contributed by atoms with Crippen LogP contribution in [0.4, 0.5) is 13.2 Å². The molecule has 0 heterocycles. The van der Waals surface area contributed by atoms with E-state index in [1.165, 1.54) is 12.1 Å². The van der Waals surface area contributed by atoms with Gasteiger partial charge in [-0.25, -0.2) is 13.2 Å². The molecule has 3 aromatic carbocycles. The van der Waals surface area contributed by atoms with Gasteiger partial charge in [-0.3, -0.25) is 0 Å². The molecule has 0 spiro atoms. The lowest BCUT2D eigenvalue weighted by molar-refractivity contribution is 0.338. The van der Waals surface area contributed by atoms with Gasteiger partial charge < -0.3 is 4.74 Å². The summed E-state index contributed by atoms with van der Waals surface area (Å²) >= 11 is 0. The number of benzene rings is 3. The molecule has 0 aliphatic heterocycles. The highest BCUT2D eigenvalue weighted by atomic mass is 19.2. The molecule has 0 bridgehead atoms. The van der Waals surface area contributed by atoms with Crippen LogP contribution in [0.15, 0.2) is 54.6 Å². The van der Waals surface area contributed by atoms with Gasteiger partial charge in [0.1, 0.15) is 11.6 Å². The van der Waals surface area contributed by atoms with E-state index in [0.29, 0.717) is 41.0 Å². The highest BCUT2D eigenvalue weighted by molar-refractivity contribution is 5.66. The minimum absolute atomic E-state index is 0.0105. The molecule has 0 aliphatic carbocycles. The SMILES string of the molecule is CCOc1ccc(-c2ccc(C#Cc3ccc(CC)c(F)c3F)cc2)c(F)c1. The maximum Gasteiger partial charge on any atom is 0.174 e. The maximum absolute atomic E-state index is 14.3. The van der Waals surface area contributed by atoms with Crippen LogP contribution in [0.5, 0.6) is 5.75 Å². The number of halogens is 3. The lowest BCUT2D eigenvalue weighted by atomic mass is 10.0. The molecule has 28 heavy (non-hydrogen) atoms. The van der Waals surface area contributed by atoms with Crippen molar-refractivity contribution in [2.24, 2.45) is 0 Å². The second-order valence-corrected chi connectivity index (χ2v) is 6.16. The predicted molar refractivity (Wildman–Crippen MR) is 105 cm³/mol. The molecule has 0 N–H and O–H groups in total. The third kappa shape index (κ3) is 4.20. The Morgan fingerprint density at radius 1 is 0.821 bits per heavy atom. The molecule has 142 valence electrons. The number of aryl methyl sites for hydroxylation is 1. The van der Waals surface area contributed by atoms with Gasteiger partial charge in [-0.1, -0.05) is 37.0 Å². The van der Waals surface area contributed by atoms with Crippen molar-refractivity contribution in [3.8, 4) is 28.7 Å². The van der Waals surface area contributed by atoms with E-state index in [2.05, 4.69) is 11.8 Å². The van der Waals surface area contributed by atoms with E-state index in [-0.39, 0.29) is 11.4 Å². The van der Waals surface area contributed by atoms with Crippen LogP contribution in [0.2, 0.25) is 0 Å². The van der Waals surface area contributed by atoms with Crippen molar-refractivity contribution in [3.05, 3.63) is 88.7 Å². The van der Waals surface area contributed by atoms with Crippen molar-refractivity contribution in [1.29, 1.82) is 0 Å². The van der Waals surface area contributed by atoms with Gasteiger partial charge in [0.15, 0.2) is 11.6 Å². The second kappa shape index (κ2) is 8.67. The molecule has 3 aromatic rings. The van der Waals surface area contributed by atoms with Gasteiger partial charge in [0.25, 0.3) is 0 Å². The first-order valence-electron chi connectivity index (χ1n) is 9.05. The second-order valence-electron chi connectivity index (χ2n) is 6.16. The van der Waals surface area contributed by atoms with Crippen LogP contribution < -0.4 is 4.74 Å². The van der Waals surface area contributed by atoms with Gasteiger partial charge in [-0.2, -0.15) is 0 Å². The molecule has 0 saturated carbocycles. The van der Waals surface area contributed by atoms with E-state index in [4.69, 9.17) is 4.74 Å². The van der Waals surface area contributed by atoms with Gasteiger partial charge in [-0.05, 0) is 54.8 Å². The highest BCUT2D eigenvalue weighted by Crippen LogP contribution is 2.26. The Morgan fingerprint density at radius 2 is 1.57 bits per heavy atom. The number of ether oxygens (including phenoxy) is 1. The summed E-state index contributed by atoms with van der Waals surface area (Å²) in [5.74, 6) is 3.80. The van der Waals surface area contributed by atoms with Crippen molar-refractivity contribution in [2.75, 3.05) is 6.61 Å². The lowest BCUT2D eigenvalue weighted by Gasteiger charge is -2.07. The van der Waals surface area contributed by atoms with Crippen LogP contribution in [-0.4, -0.2) is 6.61 Å². The molecule has 4 heteroatoms. The van der Waals surface area contributed by atoms with Gasteiger partial charge in [0.2, 0.25) is 0 Å². The van der Waals surface area contributed by atoms with Crippen molar-refractivity contribution < 1.29 is 17.9 Å². The van der Waals surface area contributed by atoms with Crippen LogP contribution in [0, 0.1) is 29.3 Å². The van der Waals surface area contributed by atoms with Crippen molar-refractivity contribution in [2.45, 2.75) is 20.3 Å². The average molecular weight is 380 g/mol. The summed E-state index contributed by atoms with van der Waals surface area (Å²) < 4.78 is 47.5. The van der Waals surface area contributed by atoms with Gasteiger partial charge >= 0.3 is 0 Å². The standard InChI is InChI=1S/C24H19F3O/c1-3-17-11-12-19(24(27)23(17)26)10-7-16-5-8-18(9-6-16)21-14-13-20(28-4-2)15-22(21)25/h5-6,8-9,11-15H,3-4H2,1-2H3. The van der Waals surface area contributed by atoms with Crippen LogP contribution in [-0.2, 0) is 6.42 Å². The molecule has 0 radical (unpaired) electrons. The van der Waals surface area contributed by atoms with Crippen molar-refractivity contribution in [3.63, 3.8) is 0 Å². The molecule has 0 saturated heterocycles. The Bertz CT molecular complexity index is 1040. The van der Waals surface area contributed by atoms with Crippen molar-refractivity contribution >= 4 is 0 Å². The number of rotatable bonds is 4. The first-order chi connectivity index (χ1) is 13.5. The van der Waals surface area contributed by atoms with E-state index in [1.54, 1.807) is 49.4 Å². The van der Waals surface area contributed by atoms with Gasteiger partial charge in [0.05, 0.1) is 12.2 Å². The normalized spacial score (nSPS) is 10.3. The molecular weight excluding hydrogens is 361 g/mol. The zero-order valence-electron chi connectivity index (χ0n) is 15.7. The van der Waals surface area contributed by atoms with E-state index >= 15 is 0 Å². The quantitative estimate of drug-likeness (QED) is 0.495. The Kier molecular flexibility index (Phi) is 6.06. The highest BCUT2D eigenvalue weighted by Gasteiger charge is 2.11. The minimum Gasteiger partial charge on any atom is -0.494 e.